The van der Waals surface area contributed by atoms with E-state index in [1.165, 1.54) is 17.4 Å². The van der Waals surface area contributed by atoms with E-state index in [0.29, 0.717) is 5.01 Å². The minimum absolute atomic E-state index is 0.175. The number of nitrogens with zero attached hydrogens (tertiary/aromatic N) is 1. The molecular formula is C13H12FN3O3S. The molecule has 2 rings (SSSR count). The second-order valence-corrected chi connectivity index (χ2v) is 5.20. The first-order chi connectivity index (χ1) is 9.88. The fraction of sp³-hybridized carbons (Fsp3) is 0.154. The molecule has 2 aromatic rings. The Balaban J connectivity index is 2.19. The summed E-state index contributed by atoms with van der Waals surface area (Å²) < 4.78 is 13.3. The molecule has 0 saturated heterocycles. The zero-order valence-electron chi connectivity index (χ0n) is 11.0. The van der Waals surface area contributed by atoms with Crippen LogP contribution in [0.1, 0.15) is 38.8 Å². The van der Waals surface area contributed by atoms with Gasteiger partial charge >= 0.3 is 5.97 Å². The van der Waals surface area contributed by atoms with Crippen LogP contribution in [0.25, 0.3) is 0 Å². The standard InChI is InChI=1S/C13H12FN3O3S/c1-6(15)12-17-10(5-21-12)11(18)16-7-2-3-9(14)8(4-7)13(19)20/h2-6H,15H2,1H3,(H,16,18)(H,19,20). The van der Waals surface area contributed by atoms with E-state index in [-0.39, 0.29) is 17.4 Å². The number of hydrogen-bond donors (Lipinski definition) is 3. The zero-order chi connectivity index (χ0) is 15.6. The number of rotatable bonds is 4. The number of aromatic carboxylic acids is 1. The second-order valence-electron chi connectivity index (χ2n) is 4.31. The maximum absolute atomic E-state index is 13.3. The summed E-state index contributed by atoms with van der Waals surface area (Å²) in [5.74, 6) is -2.79. The van der Waals surface area contributed by atoms with Gasteiger partial charge in [-0.2, -0.15) is 0 Å². The van der Waals surface area contributed by atoms with E-state index in [2.05, 4.69) is 10.3 Å². The quantitative estimate of drug-likeness (QED) is 0.803. The van der Waals surface area contributed by atoms with E-state index in [4.69, 9.17) is 10.8 Å². The molecule has 0 aliphatic heterocycles. The average Bonchev–Trinajstić information content (AvgIpc) is 2.90. The van der Waals surface area contributed by atoms with Crippen molar-refractivity contribution in [2.24, 2.45) is 5.73 Å². The highest BCUT2D eigenvalue weighted by molar-refractivity contribution is 7.09. The Morgan fingerprint density at radius 2 is 2.19 bits per heavy atom. The second kappa shape index (κ2) is 5.98. The fourth-order valence-electron chi connectivity index (χ4n) is 1.56. The number of halogens is 1. The van der Waals surface area contributed by atoms with Gasteiger partial charge in [-0.15, -0.1) is 11.3 Å². The topological polar surface area (TPSA) is 105 Å². The van der Waals surface area contributed by atoms with Crippen LogP contribution in [0.3, 0.4) is 0 Å². The van der Waals surface area contributed by atoms with Crippen molar-refractivity contribution in [3.05, 3.63) is 45.7 Å². The summed E-state index contributed by atoms with van der Waals surface area (Å²) in [6.45, 7) is 1.75. The number of carboxylic acid groups (broad SMARTS) is 1. The first-order valence-corrected chi connectivity index (χ1v) is 6.81. The number of benzene rings is 1. The van der Waals surface area contributed by atoms with E-state index in [9.17, 15) is 14.0 Å². The van der Waals surface area contributed by atoms with Crippen LogP contribution in [0, 0.1) is 5.82 Å². The highest BCUT2D eigenvalue weighted by Crippen LogP contribution is 2.18. The van der Waals surface area contributed by atoms with Gasteiger partial charge in [-0.25, -0.2) is 14.2 Å². The molecule has 0 radical (unpaired) electrons. The number of nitrogens with one attached hydrogen (secondary N) is 1. The predicted molar refractivity (Wildman–Crippen MR) is 76.0 cm³/mol. The first-order valence-electron chi connectivity index (χ1n) is 5.93. The normalized spacial score (nSPS) is 12.0. The Kier molecular flexibility index (Phi) is 4.29. The molecule has 1 atom stereocenters. The number of thiazole rings is 1. The van der Waals surface area contributed by atoms with Crippen LogP contribution in [-0.4, -0.2) is 22.0 Å². The minimum atomic E-state index is -1.41. The van der Waals surface area contributed by atoms with Gasteiger partial charge in [0.15, 0.2) is 0 Å². The van der Waals surface area contributed by atoms with Crippen molar-refractivity contribution in [1.29, 1.82) is 0 Å². The molecule has 21 heavy (non-hydrogen) atoms. The highest BCUT2D eigenvalue weighted by Gasteiger charge is 2.15. The minimum Gasteiger partial charge on any atom is -0.478 e. The largest absolute Gasteiger partial charge is 0.478 e. The summed E-state index contributed by atoms with van der Waals surface area (Å²) in [4.78, 5) is 26.9. The molecule has 1 heterocycles. The lowest BCUT2D eigenvalue weighted by Gasteiger charge is -2.05. The van der Waals surface area contributed by atoms with Crippen molar-refractivity contribution in [3.63, 3.8) is 0 Å². The van der Waals surface area contributed by atoms with E-state index >= 15 is 0 Å². The number of hydrogen-bond acceptors (Lipinski definition) is 5. The van der Waals surface area contributed by atoms with Gasteiger partial charge < -0.3 is 16.2 Å². The molecule has 8 heteroatoms. The summed E-state index contributed by atoms with van der Waals surface area (Å²) in [5, 5.41) is 13.5. The number of carboxylic acids is 1. The molecular weight excluding hydrogens is 297 g/mol. The third-order valence-electron chi connectivity index (χ3n) is 2.60. The van der Waals surface area contributed by atoms with E-state index in [1.54, 1.807) is 12.3 Å². The van der Waals surface area contributed by atoms with E-state index in [0.717, 1.165) is 12.1 Å². The third kappa shape index (κ3) is 3.41. The molecule has 0 spiro atoms. The molecule has 0 bridgehead atoms. The number of carbonyl (C=O) groups excluding carboxylic acids is 1. The number of anilines is 1. The lowest BCUT2D eigenvalue weighted by atomic mass is 10.2. The van der Waals surface area contributed by atoms with Crippen molar-refractivity contribution in [3.8, 4) is 0 Å². The van der Waals surface area contributed by atoms with Gasteiger partial charge in [-0.3, -0.25) is 4.79 Å². The van der Waals surface area contributed by atoms with Crippen LogP contribution < -0.4 is 11.1 Å². The fourth-order valence-corrected chi connectivity index (χ4v) is 2.32. The number of aromatic nitrogens is 1. The molecule has 0 aliphatic rings. The van der Waals surface area contributed by atoms with Crippen LogP contribution in [0.2, 0.25) is 0 Å². The lowest BCUT2D eigenvalue weighted by molar-refractivity contribution is 0.0691. The van der Waals surface area contributed by atoms with Crippen molar-refractivity contribution in [2.45, 2.75) is 13.0 Å². The number of nitrogens with two attached hydrogens (primary N) is 1. The SMILES string of the molecule is CC(N)c1nc(C(=O)Nc2ccc(F)c(C(=O)O)c2)cs1. The first kappa shape index (κ1) is 15.1. The Morgan fingerprint density at radius 3 is 2.76 bits per heavy atom. The maximum Gasteiger partial charge on any atom is 0.338 e. The van der Waals surface area contributed by atoms with Crippen LogP contribution in [0.5, 0.6) is 0 Å². The van der Waals surface area contributed by atoms with Crippen LogP contribution in [0.4, 0.5) is 10.1 Å². The zero-order valence-corrected chi connectivity index (χ0v) is 11.8. The summed E-state index contributed by atoms with van der Waals surface area (Å²) in [5.41, 5.74) is 5.50. The van der Waals surface area contributed by atoms with Gasteiger partial charge in [0.05, 0.1) is 11.6 Å². The third-order valence-corrected chi connectivity index (χ3v) is 3.64. The Labute approximate surface area is 123 Å². The molecule has 1 aromatic heterocycles. The molecule has 1 unspecified atom stereocenters. The van der Waals surface area contributed by atoms with Crippen molar-refractivity contribution >= 4 is 28.9 Å². The average molecular weight is 309 g/mol. The van der Waals surface area contributed by atoms with Gasteiger partial charge in [0.1, 0.15) is 16.5 Å². The van der Waals surface area contributed by atoms with Gasteiger partial charge in [0, 0.05) is 11.1 Å². The summed E-state index contributed by atoms with van der Waals surface area (Å²) in [7, 11) is 0. The molecule has 4 N–H and O–H groups in total. The van der Waals surface area contributed by atoms with Gasteiger partial charge in [0.2, 0.25) is 0 Å². The monoisotopic (exact) mass is 309 g/mol. The summed E-state index contributed by atoms with van der Waals surface area (Å²) in [6.07, 6.45) is 0. The molecule has 6 nitrogen and oxygen atoms in total. The van der Waals surface area contributed by atoms with Gasteiger partial charge in [-0.05, 0) is 25.1 Å². The molecule has 1 amide bonds. The molecule has 1 aromatic carbocycles. The van der Waals surface area contributed by atoms with Gasteiger partial charge in [0.25, 0.3) is 5.91 Å². The summed E-state index contributed by atoms with van der Waals surface area (Å²) in [6, 6.07) is 3.03. The molecule has 110 valence electrons. The Bertz CT molecular complexity index is 700. The van der Waals surface area contributed by atoms with Crippen molar-refractivity contribution in [1.82, 2.24) is 4.98 Å². The summed E-state index contributed by atoms with van der Waals surface area (Å²) >= 11 is 1.26. The van der Waals surface area contributed by atoms with Crippen LogP contribution in [0.15, 0.2) is 23.6 Å². The number of carbonyl (C=O) groups is 2. The lowest BCUT2D eigenvalue weighted by Crippen LogP contribution is -2.14. The number of amides is 1. The van der Waals surface area contributed by atoms with Crippen molar-refractivity contribution < 1.29 is 19.1 Å². The van der Waals surface area contributed by atoms with Gasteiger partial charge in [-0.1, -0.05) is 0 Å². The smallest absolute Gasteiger partial charge is 0.338 e. The Morgan fingerprint density at radius 1 is 1.48 bits per heavy atom. The van der Waals surface area contributed by atoms with Crippen LogP contribution >= 0.6 is 11.3 Å². The molecule has 0 aliphatic carbocycles. The predicted octanol–water partition coefficient (Wildman–Crippen LogP) is 2.25. The van der Waals surface area contributed by atoms with Crippen LogP contribution in [-0.2, 0) is 0 Å². The molecule has 0 saturated carbocycles. The highest BCUT2D eigenvalue weighted by atomic mass is 32.1. The maximum atomic E-state index is 13.3. The molecule has 0 fully saturated rings. The van der Waals surface area contributed by atoms with E-state index < -0.39 is 23.3 Å². The Hall–Kier alpha value is -2.32. The van der Waals surface area contributed by atoms with E-state index in [1.807, 2.05) is 0 Å². The van der Waals surface area contributed by atoms with Crippen molar-refractivity contribution in [2.75, 3.05) is 5.32 Å².